The fourth-order valence-corrected chi connectivity index (χ4v) is 2.63. The van der Waals surface area contributed by atoms with Crippen molar-refractivity contribution in [1.29, 1.82) is 0 Å². The van der Waals surface area contributed by atoms with Gasteiger partial charge in [-0.2, -0.15) is 0 Å². The molecule has 0 aromatic carbocycles. The van der Waals surface area contributed by atoms with E-state index in [4.69, 9.17) is 5.11 Å². The van der Waals surface area contributed by atoms with Gasteiger partial charge in [0.15, 0.2) is 0 Å². The highest BCUT2D eigenvalue weighted by molar-refractivity contribution is 7.10. The maximum absolute atomic E-state index is 12.3. The van der Waals surface area contributed by atoms with Crippen molar-refractivity contribution in [2.75, 3.05) is 13.7 Å². The summed E-state index contributed by atoms with van der Waals surface area (Å²) in [5.74, 6) is 6.00. The summed E-state index contributed by atoms with van der Waals surface area (Å²) in [5.41, 5.74) is 0.672. The van der Waals surface area contributed by atoms with Crippen LogP contribution < -0.4 is 0 Å². The zero-order valence-corrected chi connectivity index (χ0v) is 12.8. The number of aliphatic hydroxyl groups excluding tert-OH is 1. The van der Waals surface area contributed by atoms with E-state index in [0.717, 1.165) is 11.3 Å². The van der Waals surface area contributed by atoms with E-state index in [9.17, 15) is 4.79 Å². The molecule has 1 aromatic heterocycles. The van der Waals surface area contributed by atoms with Gasteiger partial charge in [0.25, 0.3) is 5.91 Å². The van der Waals surface area contributed by atoms with Crippen LogP contribution in [0.1, 0.15) is 42.4 Å². The number of thiophene rings is 1. The maximum atomic E-state index is 12.3. The van der Waals surface area contributed by atoms with Crippen LogP contribution in [-0.4, -0.2) is 35.6 Å². The lowest BCUT2D eigenvalue weighted by molar-refractivity contribution is 0.0729. The van der Waals surface area contributed by atoms with Crippen LogP contribution in [0, 0.1) is 17.8 Å². The normalized spacial score (nSPS) is 11.9. The van der Waals surface area contributed by atoms with E-state index < -0.39 is 0 Å². The molecule has 3 nitrogen and oxygen atoms in total. The van der Waals surface area contributed by atoms with Gasteiger partial charge in [0.1, 0.15) is 6.61 Å². The second kappa shape index (κ2) is 7.32. The first-order chi connectivity index (χ1) is 8.95. The number of rotatable bonds is 4. The van der Waals surface area contributed by atoms with Gasteiger partial charge in [-0.25, -0.2) is 0 Å². The van der Waals surface area contributed by atoms with Crippen LogP contribution in [0.15, 0.2) is 11.4 Å². The summed E-state index contributed by atoms with van der Waals surface area (Å²) in [7, 11) is 1.84. The van der Waals surface area contributed by atoms with Gasteiger partial charge in [-0.15, -0.1) is 11.3 Å². The molecule has 1 heterocycles. The molecule has 1 rings (SSSR count). The Kier molecular flexibility index (Phi) is 6.07. The van der Waals surface area contributed by atoms with Crippen LogP contribution in [0.25, 0.3) is 0 Å². The van der Waals surface area contributed by atoms with Gasteiger partial charge in [0, 0.05) is 18.5 Å². The van der Waals surface area contributed by atoms with Crippen molar-refractivity contribution in [3.05, 3.63) is 21.9 Å². The van der Waals surface area contributed by atoms with Gasteiger partial charge >= 0.3 is 0 Å². The van der Waals surface area contributed by atoms with Crippen LogP contribution in [-0.2, 0) is 0 Å². The summed E-state index contributed by atoms with van der Waals surface area (Å²) in [4.78, 5) is 14.9. The molecular weight excluding hydrogens is 258 g/mol. The molecule has 0 aliphatic rings. The molecule has 4 heteroatoms. The first-order valence-electron chi connectivity index (χ1n) is 6.41. The lowest BCUT2D eigenvalue weighted by Crippen LogP contribution is -2.35. The van der Waals surface area contributed by atoms with Crippen LogP contribution in [0.2, 0.25) is 0 Å². The molecule has 0 saturated heterocycles. The predicted octanol–water partition coefficient (Wildman–Crippen LogP) is 2.60. The van der Waals surface area contributed by atoms with Crippen LogP contribution >= 0.6 is 11.3 Å². The minimum atomic E-state index is -0.160. The van der Waals surface area contributed by atoms with Crippen LogP contribution in [0.3, 0.4) is 0 Å². The first-order valence-corrected chi connectivity index (χ1v) is 7.29. The highest BCUT2D eigenvalue weighted by Crippen LogP contribution is 2.18. The van der Waals surface area contributed by atoms with E-state index in [1.54, 1.807) is 11.0 Å². The molecule has 0 aliphatic carbocycles. The Labute approximate surface area is 119 Å². The SMILES string of the molecule is CC(C)CC(C)N(C)C(=O)c1csc(C#CCO)c1. The number of amides is 1. The third-order valence-corrected chi connectivity index (χ3v) is 3.78. The largest absolute Gasteiger partial charge is 0.384 e. The topological polar surface area (TPSA) is 40.5 Å². The quantitative estimate of drug-likeness (QED) is 0.861. The molecule has 0 saturated carbocycles. The van der Waals surface area contributed by atoms with Gasteiger partial charge < -0.3 is 10.0 Å². The molecule has 1 N–H and O–H groups in total. The van der Waals surface area contributed by atoms with E-state index in [1.807, 2.05) is 12.4 Å². The Morgan fingerprint density at radius 3 is 2.74 bits per heavy atom. The molecule has 19 heavy (non-hydrogen) atoms. The fraction of sp³-hybridized carbons (Fsp3) is 0.533. The molecule has 0 aliphatic heterocycles. The number of hydrogen-bond donors (Lipinski definition) is 1. The van der Waals surface area contributed by atoms with Gasteiger partial charge in [0.2, 0.25) is 0 Å². The third kappa shape index (κ3) is 4.70. The zero-order valence-electron chi connectivity index (χ0n) is 11.9. The summed E-state index contributed by atoms with van der Waals surface area (Å²) < 4.78 is 0. The lowest BCUT2D eigenvalue weighted by Gasteiger charge is -2.26. The lowest BCUT2D eigenvalue weighted by atomic mass is 10.0. The van der Waals surface area contributed by atoms with Crippen molar-refractivity contribution in [2.24, 2.45) is 5.92 Å². The fourth-order valence-electron chi connectivity index (χ4n) is 1.88. The van der Waals surface area contributed by atoms with Crippen molar-refractivity contribution in [1.82, 2.24) is 4.90 Å². The van der Waals surface area contributed by atoms with Crippen molar-refractivity contribution in [3.63, 3.8) is 0 Å². The van der Waals surface area contributed by atoms with Gasteiger partial charge in [-0.05, 0) is 25.3 Å². The molecule has 0 spiro atoms. The van der Waals surface area contributed by atoms with Gasteiger partial charge in [-0.3, -0.25) is 4.79 Å². The second-order valence-electron chi connectivity index (χ2n) is 5.05. The summed E-state index contributed by atoms with van der Waals surface area (Å²) in [5, 5.41) is 10.5. The highest BCUT2D eigenvalue weighted by Gasteiger charge is 2.19. The van der Waals surface area contributed by atoms with Crippen molar-refractivity contribution >= 4 is 17.2 Å². The molecule has 0 radical (unpaired) electrons. The Bertz CT molecular complexity index is 482. The number of hydrogen-bond acceptors (Lipinski definition) is 3. The van der Waals surface area contributed by atoms with Crippen LogP contribution in [0.4, 0.5) is 0 Å². The standard InChI is InChI=1S/C15H21NO2S/c1-11(2)8-12(3)16(4)15(18)13-9-14(19-10-13)6-5-7-17/h9-12,17H,7-8H2,1-4H3. The highest BCUT2D eigenvalue weighted by atomic mass is 32.1. The van der Waals surface area contributed by atoms with E-state index in [0.29, 0.717) is 11.5 Å². The van der Waals surface area contributed by atoms with E-state index in [1.165, 1.54) is 11.3 Å². The van der Waals surface area contributed by atoms with E-state index in [-0.39, 0.29) is 18.6 Å². The summed E-state index contributed by atoms with van der Waals surface area (Å²) in [6.45, 7) is 6.22. The average molecular weight is 279 g/mol. The summed E-state index contributed by atoms with van der Waals surface area (Å²) in [6, 6.07) is 2.01. The smallest absolute Gasteiger partial charge is 0.254 e. The molecule has 0 fully saturated rings. The molecular formula is C15H21NO2S. The monoisotopic (exact) mass is 279 g/mol. The zero-order chi connectivity index (χ0) is 14.4. The number of nitrogens with zero attached hydrogens (tertiary/aromatic N) is 1. The molecule has 1 atom stereocenters. The Morgan fingerprint density at radius 2 is 2.16 bits per heavy atom. The second-order valence-corrected chi connectivity index (χ2v) is 5.97. The molecule has 1 aromatic rings. The van der Waals surface area contributed by atoms with E-state index in [2.05, 4.69) is 32.6 Å². The minimum absolute atomic E-state index is 0.0291. The molecule has 0 bridgehead atoms. The van der Waals surface area contributed by atoms with Crippen molar-refractivity contribution < 1.29 is 9.90 Å². The van der Waals surface area contributed by atoms with Gasteiger partial charge in [-0.1, -0.05) is 25.7 Å². The molecule has 104 valence electrons. The maximum Gasteiger partial charge on any atom is 0.254 e. The number of carbonyl (C=O) groups is 1. The summed E-state index contributed by atoms with van der Waals surface area (Å²) in [6.07, 6.45) is 0.990. The van der Waals surface area contributed by atoms with Crippen molar-refractivity contribution in [3.8, 4) is 11.8 Å². The molecule has 1 unspecified atom stereocenters. The average Bonchev–Trinajstić information content (AvgIpc) is 2.82. The molecule has 1 amide bonds. The van der Waals surface area contributed by atoms with Crippen molar-refractivity contribution in [2.45, 2.75) is 33.2 Å². The first kappa shape index (κ1) is 15.7. The van der Waals surface area contributed by atoms with E-state index >= 15 is 0 Å². The Balaban J connectivity index is 2.74. The van der Waals surface area contributed by atoms with Crippen LogP contribution in [0.5, 0.6) is 0 Å². The Morgan fingerprint density at radius 1 is 1.47 bits per heavy atom. The predicted molar refractivity (Wildman–Crippen MR) is 79.3 cm³/mol. The third-order valence-electron chi connectivity index (χ3n) is 2.93. The number of carbonyl (C=O) groups excluding carboxylic acids is 1. The number of aliphatic hydroxyl groups is 1. The Hall–Kier alpha value is -1.31. The summed E-state index contributed by atoms with van der Waals surface area (Å²) >= 11 is 1.43. The minimum Gasteiger partial charge on any atom is -0.384 e. The van der Waals surface area contributed by atoms with Gasteiger partial charge in [0.05, 0.1) is 10.4 Å².